The first kappa shape index (κ1) is 16.6. The highest BCUT2D eigenvalue weighted by Crippen LogP contribution is 2.40. The molecule has 1 aliphatic rings. The van der Waals surface area contributed by atoms with Gasteiger partial charge in [0, 0.05) is 22.4 Å². The van der Waals surface area contributed by atoms with Gasteiger partial charge in [0.15, 0.2) is 0 Å². The number of carbonyl (C=O) groups excluding carboxylic acids is 1. The van der Waals surface area contributed by atoms with Crippen LogP contribution in [0.4, 0.5) is 13.2 Å². The Kier molecular flexibility index (Phi) is 5.20. The van der Waals surface area contributed by atoms with Crippen molar-refractivity contribution < 1.29 is 18.0 Å². The third kappa shape index (κ3) is 4.13. The zero-order chi connectivity index (χ0) is 15.6. The van der Waals surface area contributed by atoms with Crippen LogP contribution in [0.1, 0.15) is 31.2 Å². The van der Waals surface area contributed by atoms with Crippen molar-refractivity contribution >= 4 is 29.0 Å². The lowest BCUT2D eigenvalue weighted by molar-refractivity contribution is -0.184. The molecule has 6 heteroatoms. The van der Waals surface area contributed by atoms with Crippen LogP contribution >= 0.6 is 23.2 Å². The lowest BCUT2D eigenvalue weighted by Gasteiger charge is -2.29. The second-order valence-corrected chi connectivity index (χ2v) is 6.25. The van der Waals surface area contributed by atoms with Crippen molar-refractivity contribution in [3.8, 4) is 0 Å². The summed E-state index contributed by atoms with van der Waals surface area (Å²) in [5, 5.41) is 0.833. The third-order valence-electron chi connectivity index (χ3n) is 4.06. The van der Waals surface area contributed by atoms with Crippen LogP contribution in [0.25, 0.3) is 0 Å². The summed E-state index contributed by atoms with van der Waals surface area (Å²) in [4.78, 5) is 12.2. The van der Waals surface area contributed by atoms with Crippen molar-refractivity contribution in [3.05, 3.63) is 33.8 Å². The molecule has 0 spiro atoms. The number of halogens is 5. The molecule has 0 bridgehead atoms. The quantitative estimate of drug-likeness (QED) is 0.713. The molecule has 0 aromatic heterocycles. The molecule has 1 aromatic rings. The maximum Gasteiger partial charge on any atom is 0.391 e. The van der Waals surface area contributed by atoms with Gasteiger partial charge in [-0.1, -0.05) is 29.3 Å². The first-order chi connectivity index (χ1) is 9.79. The van der Waals surface area contributed by atoms with Crippen LogP contribution in [0.3, 0.4) is 0 Å². The van der Waals surface area contributed by atoms with E-state index < -0.39 is 12.1 Å². The van der Waals surface area contributed by atoms with Gasteiger partial charge < -0.3 is 0 Å². The largest absolute Gasteiger partial charge is 0.391 e. The third-order valence-corrected chi connectivity index (χ3v) is 4.77. The van der Waals surface area contributed by atoms with Crippen LogP contribution < -0.4 is 0 Å². The Hall–Kier alpha value is -0.740. The number of alkyl halides is 3. The molecule has 1 saturated carbocycles. The highest BCUT2D eigenvalue weighted by atomic mass is 35.5. The summed E-state index contributed by atoms with van der Waals surface area (Å²) in [6, 6.07) is 4.99. The van der Waals surface area contributed by atoms with E-state index in [0.29, 0.717) is 15.6 Å². The maximum absolute atomic E-state index is 12.6. The number of carbonyl (C=O) groups is 1. The topological polar surface area (TPSA) is 17.1 Å². The monoisotopic (exact) mass is 338 g/mol. The first-order valence-corrected chi connectivity index (χ1v) is 7.57. The molecule has 1 aromatic carbocycles. The van der Waals surface area contributed by atoms with Crippen molar-refractivity contribution in [2.24, 2.45) is 11.8 Å². The number of Topliss-reactive ketones (excluding diaryl/α,β-unsaturated/α-hetero) is 1. The van der Waals surface area contributed by atoms with Gasteiger partial charge in [0.05, 0.1) is 5.92 Å². The lowest BCUT2D eigenvalue weighted by atomic mass is 9.78. The SMILES string of the molecule is O=C(Cc1c(Cl)cccc1Cl)C1CCC(C(F)(F)F)CC1. The van der Waals surface area contributed by atoms with Crippen LogP contribution in [0.5, 0.6) is 0 Å². The molecule has 1 nitrogen and oxygen atoms in total. The van der Waals surface area contributed by atoms with Crippen molar-refractivity contribution in [2.45, 2.75) is 38.3 Å². The molecule has 0 aliphatic heterocycles. The summed E-state index contributed by atoms with van der Waals surface area (Å²) in [5.41, 5.74) is 0.559. The number of hydrogen-bond acceptors (Lipinski definition) is 1. The molecule has 21 heavy (non-hydrogen) atoms. The Bertz CT molecular complexity index is 500. The predicted molar refractivity (Wildman–Crippen MR) is 76.7 cm³/mol. The molecule has 116 valence electrons. The van der Waals surface area contributed by atoms with Gasteiger partial charge in [-0.25, -0.2) is 0 Å². The molecule has 1 fully saturated rings. The summed E-state index contributed by atoms with van der Waals surface area (Å²) in [6.45, 7) is 0. The highest BCUT2D eigenvalue weighted by molar-refractivity contribution is 6.36. The fourth-order valence-electron chi connectivity index (χ4n) is 2.76. The number of benzene rings is 1. The van der Waals surface area contributed by atoms with E-state index in [1.54, 1.807) is 18.2 Å². The van der Waals surface area contributed by atoms with E-state index in [1.165, 1.54) is 0 Å². The number of hydrogen-bond donors (Lipinski definition) is 0. The van der Waals surface area contributed by atoms with Crippen molar-refractivity contribution in [2.75, 3.05) is 0 Å². The minimum atomic E-state index is -4.15. The Morgan fingerprint density at radius 1 is 1.10 bits per heavy atom. The van der Waals surface area contributed by atoms with E-state index >= 15 is 0 Å². The van der Waals surface area contributed by atoms with Gasteiger partial charge in [-0.05, 0) is 43.4 Å². The summed E-state index contributed by atoms with van der Waals surface area (Å²) < 4.78 is 37.8. The molecule has 1 aliphatic carbocycles. The average Bonchev–Trinajstić information content (AvgIpc) is 2.42. The average molecular weight is 339 g/mol. The molecule has 0 saturated heterocycles. The van der Waals surface area contributed by atoms with Crippen LogP contribution in [0.2, 0.25) is 10.0 Å². The van der Waals surface area contributed by atoms with Gasteiger partial charge in [-0.3, -0.25) is 4.79 Å². The van der Waals surface area contributed by atoms with Gasteiger partial charge in [0.2, 0.25) is 0 Å². The highest BCUT2D eigenvalue weighted by Gasteiger charge is 2.42. The van der Waals surface area contributed by atoms with Gasteiger partial charge >= 0.3 is 6.18 Å². The molecule has 0 heterocycles. The van der Waals surface area contributed by atoms with E-state index in [2.05, 4.69) is 0 Å². The normalized spacial score (nSPS) is 23.1. The van der Waals surface area contributed by atoms with E-state index in [-0.39, 0.29) is 43.8 Å². The van der Waals surface area contributed by atoms with Gasteiger partial charge in [-0.2, -0.15) is 13.2 Å². The Labute approximate surface area is 131 Å². The van der Waals surface area contributed by atoms with E-state index in [1.807, 2.05) is 0 Å². The molecule has 0 radical (unpaired) electrons. The van der Waals surface area contributed by atoms with Crippen molar-refractivity contribution in [1.82, 2.24) is 0 Å². The fourth-order valence-corrected chi connectivity index (χ4v) is 3.29. The van der Waals surface area contributed by atoms with Crippen LogP contribution in [-0.4, -0.2) is 12.0 Å². The van der Waals surface area contributed by atoms with Crippen LogP contribution in [-0.2, 0) is 11.2 Å². The maximum atomic E-state index is 12.6. The summed E-state index contributed by atoms with van der Waals surface area (Å²) in [5.74, 6) is -1.67. The zero-order valence-electron chi connectivity index (χ0n) is 11.2. The molecule has 0 amide bonds. The molecular formula is C15H15Cl2F3O. The van der Waals surface area contributed by atoms with E-state index in [9.17, 15) is 18.0 Å². The summed E-state index contributed by atoms with van der Waals surface area (Å²) in [6.07, 6.45) is -3.46. The minimum absolute atomic E-state index is 0.0240. The smallest absolute Gasteiger partial charge is 0.299 e. The Balaban J connectivity index is 1.97. The second kappa shape index (κ2) is 6.57. The van der Waals surface area contributed by atoms with E-state index in [4.69, 9.17) is 23.2 Å². The molecule has 0 N–H and O–H groups in total. The molecule has 0 unspecified atom stereocenters. The summed E-state index contributed by atoms with van der Waals surface area (Å²) in [7, 11) is 0. The van der Waals surface area contributed by atoms with Crippen LogP contribution in [0.15, 0.2) is 18.2 Å². The Morgan fingerprint density at radius 3 is 2.10 bits per heavy atom. The molecular weight excluding hydrogens is 324 g/mol. The first-order valence-electron chi connectivity index (χ1n) is 6.81. The minimum Gasteiger partial charge on any atom is -0.299 e. The lowest BCUT2D eigenvalue weighted by Crippen LogP contribution is -2.30. The molecule has 0 atom stereocenters. The predicted octanol–water partition coefficient (Wildman–Crippen LogP) is 5.47. The zero-order valence-corrected chi connectivity index (χ0v) is 12.7. The van der Waals surface area contributed by atoms with Gasteiger partial charge in [-0.15, -0.1) is 0 Å². The fraction of sp³-hybridized carbons (Fsp3) is 0.533. The number of rotatable bonds is 3. The van der Waals surface area contributed by atoms with Gasteiger partial charge in [0.25, 0.3) is 0 Å². The van der Waals surface area contributed by atoms with Crippen molar-refractivity contribution in [1.29, 1.82) is 0 Å². The standard InChI is InChI=1S/C15H15Cl2F3O/c16-12-2-1-3-13(17)11(12)8-14(21)9-4-6-10(7-5-9)15(18,19)20/h1-3,9-10H,4-8H2. The summed E-state index contributed by atoms with van der Waals surface area (Å²) >= 11 is 12.0. The Morgan fingerprint density at radius 2 is 1.62 bits per heavy atom. The second-order valence-electron chi connectivity index (χ2n) is 5.43. The molecule has 2 rings (SSSR count). The number of ketones is 1. The van der Waals surface area contributed by atoms with E-state index in [0.717, 1.165) is 0 Å². The van der Waals surface area contributed by atoms with Gasteiger partial charge in [0.1, 0.15) is 5.78 Å². The van der Waals surface area contributed by atoms with Crippen molar-refractivity contribution in [3.63, 3.8) is 0 Å². The van der Waals surface area contributed by atoms with Crippen LogP contribution in [0, 0.1) is 11.8 Å².